The van der Waals surface area contributed by atoms with E-state index in [0.29, 0.717) is 5.92 Å². The summed E-state index contributed by atoms with van der Waals surface area (Å²) < 4.78 is 12.4. The first kappa shape index (κ1) is 14.1. The Morgan fingerprint density at radius 1 is 1.22 bits per heavy atom. The van der Waals surface area contributed by atoms with Crippen LogP contribution in [0.4, 0.5) is 0 Å². The Morgan fingerprint density at radius 3 is 2.44 bits per heavy atom. The van der Waals surface area contributed by atoms with E-state index in [-0.39, 0.29) is 23.4 Å². The van der Waals surface area contributed by atoms with Crippen molar-refractivity contribution in [2.24, 2.45) is 11.3 Å². The highest BCUT2D eigenvalue weighted by molar-refractivity contribution is 5.11. The zero-order valence-corrected chi connectivity index (χ0v) is 12.7. The molecule has 18 heavy (non-hydrogen) atoms. The molecule has 1 saturated heterocycles. The summed E-state index contributed by atoms with van der Waals surface area (Å²) in [4.78, 5) is 0. The zero-order chi connectivity index (χ0) is 13.6. The molecule has 0 aromatic rings. The standard InChI is InChI=1S/C16H28O2/c1-11-7-8-16(6,12(2)9-11)14-17-13(3)10-15(4,5)18-14/h9,12-14H,7-8,10H2,1-6H3/t12-,13-,14+,16+/m0/s1. The Morgan fingerprint density at radius 2 is 1.89 bits per heavy atom. The van der Waals surface area contributed by atoms with Crippen LogP contribution < -0.4 is 0 Å². The second kappa shape index (κ2) is 4.64. The minimum Gasteiger partial charge on any atom is -0.349 e. The van der Waals surface area contributed by atoms with Crippen LogP contribution in [-0.4, -0.2) is 18.0 Å². The second-order valence-electron chi connectivity index (χ2n) is 7.17. The van der Waals surface area contributed by atoms with E-state index in [9.17, 15) is 0 Å². The predicted molar refractivity (Wildman–Crippen MR) is 74.4 cm³/mol. The van der Waals surface area contributed by atoms with Gasteiger partial charge in [-0.05, 0) is 46.5 Å². The van der Waals surface area contributed by atoms with E-state index in [1.165, 1.54) is 12.0 Å². The smallest absolute Gasteiger partial charge is 0.164 e. The minimum atomic E-state index is -0.0735. The summed E-state index contributed by atoms with van der Waals surface area (Å²) in [6.45, 7) is 13.4. The molecule has 2 rings (SSSR count). The molecule has 1 aliphatic carbocycles. The monoisotopic (exact) mass is 252 g/mol. The highest BCUT2D eigenvalue weighted by Gasteiger charge is 2.47. The second-order valence-corrected chi connectivity index (χ2v) is 7.17. The lowest BCUT2D eigenvalue weighted by Gasteiger charge is -2.50. The van der Waals surface area contributed by atoms with Gasteiger partial charge >= 0.3 is 0 Å². The zero-order valence-electron chi connectivity index (χ0n) is 12.7. The Hall–Kier alpha value is -0.340. The normalized spacial score (nSPS) is 44.6. The van der Waals surface area contributed by atoms with Gasteiger partial charge in [0.25, 0.3) is 0 Å². The van der Waals surface area contributed by atoms with E-state index >= 15 is 0 Å². The Balaban J connectivity index is 2.20. The quantitative estimate of drug-likeness (QED) is 0.648. The van der Waals surface area contributed by atoms with Gasteiger partial charge in [-0.15, -0.1) is 0 Å². The first-order valence-electron chi connectivity index (χ1n) is 7.23. The molecule has 1 fully saturated rings. The summed E-state index contributed by atoms with van der Waals surface area (Å²) in [6.07, 6.45) is 5.90. The Bertz CT molecular complexity index is 345. The van der Waals surface area contributed by atoms with Crippen LogP contribution in [-0.2, 0) is 9.47 Å². The van der Waals surface area contributed by atoms with E-state index in [1.807, 2.05) is 0 Å². The van der Waals surface area contributed by atoms with Crippen molar-refractivity contribution < 1.29 is 9.47 Å². The number of allylic oxidation sites excluding steroid dienone is 2. The molecular weight excluding hydrogens is 224 g/mol. The summed E-state index contributed by atoms with van der Waals surface area (Å²) >= 11 is 0. The van der Waals surface area contributed by atoms with Crippen molar-refractivity contribution >= 4 is 0 Å². The van der Waals surface area contributed by atoms with Crippen molar-refractivity contribution in [3.8, 4) is 0 Å². The summed E-state index contributed by atoms with van der Waals surface area (Å²) in [6, 6.07) is 0. The number of ether oxygens (including phenoxy) is 2. The fourth-order valence-electron chi connectivity index (χ4n) is 3.33. The van der Waals surface area contributed by atoms with E-state index < -0.39 is 0 Å². The molecule has 0 radical (unpaired) electrons. The van der Waals surface area contributed by atoms with Crippen molar-refractivity contribution in [3.05, 3.63) is 11.6 Å². The van der Waals surface area contributed by atoms with Gasteiger partial charge in [-0.25, -0.2) is 0 Å². The molecule has 104 valence electrons. The van der Waals surface area contributed by atoms with Crippen molar-refractivity contribution in [1.82, 2.24) is 0 Å². The van der Waals surface area contributed by atoms with Crippen LogP contribution >= 0.6 is 0 Å². The lowest BCUT2D eigenvalue weighted by atomic mass is 9.69. The first-order valence-corrected chi connectivity index (χ1v) is 7.23. The largest absolute Gasteiger partial charge is 0.349 e. The molecule has 4 atom stereocenters. The maximum Gasteiger partial charge on any atom is 0.164 e. The summed E-state index contributed by atoms with van der Waals surface area (Å²) in [5, 5.41) is 0. The maximum atomic E-state index is 6.24. The number of hydrogen-bond acceptors (Lipinski definition) is 2. The van der Waals surface area contributed by atoms with Crippen LogP contribution in [0, 0.1) is 11.3 Å². The van der Waals surface area contributed by atoms with Gasteiger partial charge in [0.1, 0.15) is 0 Å². The predicted octanol–water partition coefficient (Wildman–Crippen LogP) is 4.30. The molecule has 0 saturated carbocycles. The van der Waals surface area contributed by atoms with Crippen molar-refractivity contribution in [2.75, 3.05) is 0 Å². The molecule has 0 aromatic carbocycles. The molecule has 2 heteroatoms. The number of rotatable bonds is 1. The summed E-state index contributed by atoms with van der Waals surface area (Å²) in [7, 11) is 0. The van der Waals surface area contributed by atoms with Gasteiger partial charge in [-0.2, -0.15) is 0 Å². The van der Waals surface area contributed by atoms with Crippen LogP contribution in [0.25, 0.3) is 0 Å². The lowest BCUT2D eigenvalue weighted by molar-refractivity contribution is -0.314. The molecule has 2 aliphatic rings. The third-order valence-electron chi connectivity index (χ3n) is 4.73. The van der Waals surface area contributed by atoms with Crippen LogP contribution in [0.1, 0.15) is 60.8 Å². The molecular formula is C16H28O2. The molecule has 0 aromatic heterocycles. The average Bonchev–Trinajstić information content (AvgIpc) is 2.21. The molecule has 0 N–H and O–H groups in total. The first-order chi connectivity index (χ1) is 8.23. The van der Waals surface area contributed by atoms with Gasteiger partial charge in [-0.3, -0.25) is 0 Å². The van der Waals surface area contributed by atoms with Crippen molar-refractivity contribution in [3.63, 3.8) is 0 Å². The fraction of sp³-hybridized carbons (Fsp3) is 0.875. The van der Waals surface area contributed by atoms with Gasteiger partial charge < -0.3 is 9.47 Å². The van der Waals surface area contributed by atoms with E-state index in [0.717, 1.165) is 12.8 Å². The molecule has 0 unspecified atom stereocenters. The Labute approximate surface area is 112 Å². The SMILES string of the molecule is CC1=C[C@H](C)[C@](C)([C@@H]2O[C@@H](C)CC(C)(C)O2)CC1. The molecule has 1 heterocycles. The van der Waals surface area contributed by atoms with E-state index in [1.54, 1.807) is 0 Å². The molecule has 0 bridgehead atoms. The maximum absolute atomic E-state index is 6.24. The summed E-state index contributed by atoms with van der Waals surface area (Å²) in [5.74, 6) is 0.511. The van der Waals surface area contributed by atoms with Gasteiger partial charge in [-0.1, -0.05) is 25.5 Å². The van der Waals surface area contributed by atoms with Gasteiger partial charge in [0.2, 0.25) is 0 Å². The summed E-state index contributed by atoms with van der Waals surface area (Å²) in [5.41, 5.74) is 1.54. The van der Waals surface area contributed by atoms with Gasteiger partial charge in [0.15, 0.2) is 6.29 Å². The van der Waals surface area contributed by atoms with E-state index in [2.05, 4.69) is 47.6 Å². The fourth-order valence-corrected chi connectivity index (χ4v) is 3.33. The average molecular weight is 252 g/mol. The van der Waals surface area contributed by atoms with Gasteiger partial charge in [0, 0.05) is 11.8 Å². The molecule has 0 amide bonds. The van der Waals surface area contributed by atoms with E-state index in [4.69, 9.17) is 9.47 Å². The highest BCUT2D eigenvalue weighted by atomic mass is 16.7. The van der Waals surface area contributed by atoms with Crippen LogP contribution in [0.3, 0.4) is 0 Å². The molecule has 2 nitrogen and oxygen atoms in total. The van der Waals surface area contributed by atoms with Gasteiger partial charge in [0.05, 0.1) is 11.7 Å². The van der Waals surface area contributed by atoms with Crippen LogP contribution in [0.15, 0.2) is 11.6 Å². The third-order valence-corrected chi connectivity index (χ3v) is 4.73. The molecule has 0 spiro atoms. The third kappa shape index (κ3) is 2.65. The van der Waals surface area contributed by atoms with Crippen molar-refractivity contribution in [2.45, 2.75) is 78.8 Å². The topological polar surface area (TPSA) is 18.5 Å². The van der Waals surface area contributed by atoms with Crippen LogP contribution in [0.2, 0.25) is 0 Å². The minimum absolute atomic E-state index is 0.0682. The number of hydrogen-bond donors (Lipinski definition) is 0. The lowest BCUT2D eigenvalue weighted by Crippen LogP contribution is -2.52. The highest BCUT2D eigenvalue weighted by Crippen LogP contribution is 2.47. The van der Waals surface area contributed by atoms with Crippen molar-refractivity contribution in [1.29, 1.82) is 0 Å². The van der Waals surface area contributed by atoms with Crippen LogP contribution in [0.5, 0.6) is 0 Å². The molecule has 1 aliphatic heterocycles. The Kier molecular flexibility index (Phi) is 3.63.